The fourth-order valence-corrected chi connectivity index (χ4v) is 2.84. The summed E-state index contributed by atoms with van der Waals surface area (Å²) < 4.78 is 13.5. The van der Waals surface area contributed by atoms with Crippen LogP contribution in [0.1, 0.15) is 0 Å². The van der Waals surface area contributed by atoms with Crippen molar-refractivity contribution in [2.45, 2.75) is 0 Å². The molecule has 6 heteroatoms. The zero-order valence-corrected chi connectivity index (χ0v) is 12.9. The molecule has 1 aromatic heterocycles. The second-order valence-electron chi connectivity index (χ2n) is 5.60. The van der Waals surface area contributed by atoms with Crippen LogP contribution in [0.2, 0.25) is 0 Å². The molecule has 0 spiro atoms. The average molecular weight is 333 g/mol. The smallest absolute Gasteiger partial charge is 0.270 e. The molecule has 4 aromatic rings. The number of nitrogens with one attached hydrogen (secondary N) is 1. The van der Waals surface area contributed by atoms with Gasteiger partial charge in [0.25, 0.3) is 5.69 Å². The van der Waals surface area contributed by atoms with Crippen molar-refractivity contribution in [1.29, 1.82) is 0 Å². The lowest BCUT2D eigenvalue weighted by molar-refractivity contribution is -0.384. The minimum atomic E-state index is -0.444. The number of nitro benzene ring substituents is 1. The van der Waals surface area contributed by atoms with Crippen LogP contribution in [0.15, 0.2) is 66.7 Å². The highest BCUT2D eigenvalue weighted by Crippen LogP contribution is 2.34. The van der Waals surface area contributed by atoms with Crippen molar-refractivity contribution >= 4 is 38.9 Å². The Bertz CT molecular complexity index is 1130. The monoisotopic (exact) mass is 333 g/mol. The SMILES string of the molecule is O=[N+]([O-])c1ccc2nc3ccccc3c(Nc3cccc(F)c3)c2c1. The third-order valence-corrected chi connectivity index (χ3v) is 3.97. The number of fused-ring (bicyclic) bond motifs is 2. The van der Waals surface area contributed by atoms with Gasteiger partial charge in [-0.05, 0) is 30.3 Å². The van der Waals surface area contributed by atoms with Crippen LogP contribution < -0.4 is 5.32 Å². The maximum Gasteiger partial charge on any atom is 0.270 e. The number of para-hydroxylation sites is 1. The van der Waals surface area contributed by atoms with Crippen molar-refractivity contribution in [1.82, 2.24) is 4.98 Å². The van der Waals surface area contributed by atoms with Gasteiger partial charge in [-0.25, -0.2) is 9.37 Å². The first kappa shape index (κ1) is 15.0. The number of anilines is 2. The van der Waals surface area contributed by atoms with Crippen LogP contribution in [0.25, 0.3) is 21.8 Å². The highest BCUT2D eigenvalue weighted by molar-refractivity contribution is 6.09. The first-order chi connectivity index (χ1) is 12.1. The van der Waals surface area contributed by atoms with Gasteiger partial charge in [-0.1, -0.05) is 24.3 Å². The fourth-order valence-electron chi connectivity index (χ4n) is 2.84. The van der Waals surface area contributed by atoms with Gasteiger partial charge < -0.3 is 5.32 Å². The Morgan fingerprint density at radius 3 is 2.52 bits per heavy atom. The van der Waals surface area contributed by atoms with Crippen molar-refractivity contribution in [3.05, 3.63) is 82.7 Å². The Morgan fingerprint density at radius 1 is 0.920 bits per heavy atom. The van der Waals surface area contributed by atoms with Crippen LogP contribution >= 0.6 is 0 Å². The van der Waals surface area contributed by atoms with E-state index in [2.05, 4.69) is 10.3 Å². The van der Waals surface area contributed by atoms with Gasteiger partial charge in [0, 0.05) is 28.6 Å². The summed E-state index contributed by atoms with van der Waals surface area (Å²) in [6.45, 7) is 0. The van der Waals surface area contributed by atoms with Crippen LogP contribution in [-0.2, 0) is 0 Å². The van der Waals surface area contributed by atoms with Gasteiger partial charge in [0.15, 0.2) is 0 Å². The molecule has 0 aliphatic heterocycles. The Kier molecular flexibility index (Phi) is 3.50. The van der Waals surface area contributed by atoms with Gasteiger partial charge in [0.1, 0.15) is 5.82 Å². The van der Waals surface area contributed by atoms with Gasteiger partial charge in [-0.15, -0.1) is 0 Å². The summed E-state index contributed by atoms with van der Waals surface area (Å²) in [5.74, 6) is -0.362. The summed E-state index contributed by atoms with van der Waals surface area (Å²) in [6.07, 6.45) is 0. The van der Waals surface area contributed by atoms with Crippen LogP contribution in [0.4, 0.5) is 21.5 Å². The van der Waals surface area contributed by atoms with Crippen LogP contribution in [0.5, 0.6) is 0 Å². The fraction of sp³-hybridized carbons (Fsp3) is 0. The number of benzene rings is 3. The molecule has 0 aliphatic carbocycles. The molecule has 3 aromatic carbocycles. The Labute approximate surface area is 141 Å². The second kappa shape index (κ2) is 5.83. The highest BCUT2D eigenvalue weighted by Gasteiger charge is 2.14. The van der Waals surface area contributed by atoms with Crippen LogP contribution in [0, 0.1) is 15.9 Å². The molecule has 0 bridgehead atoms. The standard InChI is InChI=1S/C19H12FN3O2/c20-12-4-3-5-13(10-12)21-19-15-6-1-2-7-17(15)22-18-9-8-14(23(24)25)11-16(18)19/h1-11H,(H,21,22). The third-order valence-electron chi connectivity index (χ3n) is 3.97. The van der Waals surface area contributed by atoms with E-state index in [4.69, 9.17) is 0 Å². The number of non-ortho nitro benzene ring substituents is 1. The van der Waals surface area contributed by atoms with Crippen molar-refractivity contribution < 1.29 is 9.31 Å². The Hall–Kier alpha value is -3.54. The van der Waals surface area contributed by atoms with Crippen molar-refractivity contribution in [2.24, 2.45) is 0 Å². The number of nitro groups is 1. The first-order valence-electron chi connectivity index (χ1n) is 7.61. The number of hydrogen-bond acceptors (Lipinski definition) is 4. The summed E-state index contributed by atoms with van der Waals surface area (Å²) in [6, 6.07) is 18.1. The minimum absolute atomic E-state index is 0.0214. The van der Waals surface area contributed by atoms with Crippen molar-refractivity contribution in [2.75, 3.05) is 5.32 Å². The zero-order chi connectivity index (χ0) is 17.4. The van der Waals surface area contributed by atoms with E-state index in [1.165, 1.54) is 24.3 Å². The minimum Gasteiger partial charge on any atom is -0.354 e. The molecule has 122 valence electrons. The highest BCUT2D eigenvalue weighted by atomic mass is 19.1. The molecule has 5 nitrogen and oxygen atoms in total. The van der Waals surface area contributed by atoms with Crippen LogP contribution in [-0.4, -0.2) is 9.91 Å². The number of aromatic nitrogens is 1. The van der Waals surface area contributed by atoms with E-state index in [9.17, 15) is 14.5 Å². The maximum absolute atomic E-state index is 13.5. The molecule has 0 unspecified atom stereocenters. The van der Waals surface area contributed by atoms with Crippen molar-refractivity contribution in [3.63, 3.8) is 0 Å². The summed E-state index contributed by atoms with van der Waals surface area (Å²) in [5.41, 5.74) is 2.58. The van der Waals surface area contributed by atoms with Gasteiger partial charge in [0.2, 0.25) is 0 Å². The van der Waals surface area contributed by atoms with E-state index in [1.807, 2.05) is 24.3 Å². The normalized spacial score (nSPS) is 10.9. The molecule has 1 N–H and O–H groups in total. The quantitative estimate of drug-likeness (QED) is 0.319. The first-order valence-corrected chi connectivity index (χ1v) is 7.61. The summed E-state index contributed by atoms with van der Waals surface area (Å²) in [5, 5.41) is 15.7. The van der Waals surface area contributed by atoms with E-state index in [0.717, 1.165) is 10.9 Å². The largest absolute Gasteiger partial charge is 0.354 e. The molecule has 0 atom stereocenters. The maximum atomic E-state index is 13.5. The molecule has 4 rings (SSSR count). The third kappa shape index (κ3) is 2.74. The molecular formula is C19H12FN3O2. The van der Waals surface area contributed by atoms with E-state index in [1.54, 1.807) is 18.2 Å². The molecule has 0 saturated heterocycles. The van der Waals surface area contributed by atoms with E-state index in [0.29, 0.717) is 22.3 Å². The predicted molar refractivity (Wildman–Crippen MR) is 95.6 cm³/mol. The second-order valence-corrected chi connectivity index (χ2v) is 5.60. The number of halogens is 1. The number of hydrogen-bond donors (Lipinski definition) is 1. The molecule has 25 heavy (non-hydrogen) atoms. The topological polar surface area (TPSA) is 68.1 Å². The van der Waals surface area contributed by atoms with E-state index < -0.39 is 4.92 Å². The van der Waals surface area contributed by atoms with Crippen LogP contribution in [0.3, 0.4) is 0 Å². The summed E-state index contributed by atoms with van der Waals surface area (Å²) >= 11 is 0. The molecule has 0 aliphatic rings. The molecule has 0 amide bonds. The number of pyridine rings is 1. The van der Waals surface area contributed by atoms with Gasteiger partial charge >= 0.3 is 0 Å². The van der Waals surface area contributed by atoms with Gasteiger partial charge in [-0.3, -0.25) is 10.1 Å². The summed E-state index contributed by atoms with van der Waals surface area (Å²) in [4.78, 5) is 15.3. The molecule has 0 saturated carbocycles. The summed E-state index contributed by atoms with van der Waals surface area (Å²) in [7, 11) is 0. The van der Waals surface area contributed by atoms with E-state index >= 15 is 0 Å². The number of nitrogens with zero attached hydrogens (tertiary/aromatic N) is 2. The lowest BCUT2D eigenvalue weighted by atomic mass is 10.1. The van der Waals surface area contributed by atoms with Gasteiger partial charge in [0.05, 0.1) is 21.6 Å². The Balaban J connectivity index is 2.02. The lowest BCUT2D eigenvalue weighted by Gasteiger charge is -2.13. The predicted octanol–water partition coefficient (Wildman–Crippen LogP) is 5.18. The molecule has 0 fully saturated rings. The lowest BCUT2D eigenvalue weighted by Crippen LogP contribution is -1.97. The van der Waals surface area contributed by atoms with Crippen molar-refractivity contribution in [3.8, 4) is 0 Å². The van der Waals surface area contributed by atoms with Gasteiger partial charge in [-0.2, -0.15) is 0 Å². The Morgan fingerprint density at radius 2 is 1.72 bits per heavy atom. The average Bonchev–Trinajstić information content (AvgIpc) is 2.61. The number of rotatable bonds is 3. The molecular weight excluding hydrogens is 321 g/mol. The molecule has 1 heterocycles. The zero-order valence-electron chi connectivity index (χ0n) is 12.9. The van der Waals surface area contributed by atoms with E-state index in [-0.39, 0.29) is 11.5 Å². The molecule has 0 radical (unpaired) electrons.